The summed E-state index contributed by atoms with van der Waals surface area (Å²) in [7, 11) is 1.63. The standard InChI is InChI=1S/C4H11NO/c1-4(2)5(3)6/h4,6H,1-3H3. The van der Waals surface area contributed by atoms with E-state index >= 15 is 0 Å². The molecule has 0 unspecified atom stereocenters. The molecule has 0 spiro atoms. The van der Waals surface area contributed by atoms with Gasteiger partial charge in [0.25, 0.3) is 0 Å². The Kier molecular flexibility index (Phi) is 2.13. The van der Waals surface area contributed by atoms with Crippen LogP contribution in [0.1, 0.15) is 13.8 Å². The molecular weight excluding hydrogens is 78.0 g/mol. The van der Waals surface area contributed by atoms with Crippen LogP contribution < -0.4 is 0 Å². The van der Waals surface area contributed by atoms with Crippen molar-refractivity contribution in [2.24, 2.45) is 0 Å². The van der Waals surface area contributed by atoms with Crippen molar-refractivity contribution in [2.75, 3.05) is 7.05 Å². The molecule has 38 valence electrons. The molecule has 0 aliphatic rings. The molecule has 0 aromatic heterocycles. The zero-order chi connectivity index (χ0) is 5.15. The van der Waals surface area contributed by atoms with Gasteiger partial charge in [0.2, 0.25) is 0 Å². The van der Waals surface area contributed by atoms with E-state index in [0.717, 1.165) is 0 Å². The zero-order valence-corrected chi connectivity index (χ0v) is 4.47. The van der Waals surface area contributed by atoms with Crippen molar-refractivity contribution in [2.45, 2.75) is 19.9 Å². The topological polar surface area (TPSA) is 23.5 Å². The summed E-state index contributed by atoms with van der Waals surface area (Å²) in [4.78, 5) is 0. The highest BCUT2D eigenvalue weighted by Gasteiger charge is 1.92. The maximum absolute atomic E-state index is 8.46. The lowest BCUT2D eigenvalue weighted by atomic mass is 10.4. The second-order valence-corrected chi connectivity index (χ2v) is 1.67. The Hall–Kier alpha value is -0.0800. The molecule has 2 nitrogen and oxygen atoms in total. The van der Waals surface area contributed by atoms with Crippen molar-refractivity contribution in [3.05, 3.63) is 0 Å². The van der Waals surface area contributed by atoms with Crippen LogP contribution in [0, 0.1) is 0 Å². The van der Waals surface area contributed by atoms with E-state index in [2.05, 4.69) is 0 Å². The molecule has 2 heteroatoms. The lowest BCUT2D eigenvalue weighted by molar-refractivity contribution is -0.0912. The van der Waals surface area contributed by atoms with E-state index in [4.69, 9.17) is 5.21 Å². The third-order valence-corrected chi connectivity index (χ3v) is 0.747. The summed E-state index contributed by atoms with van der Waals surface area (Å²) in [5.74, 6) is 0. The van der Waals surface area contributed by atoms with Gasteiger partial charge in [0.15, 0.2) is 0 Å². The maximum atomic E-state index is 8.46. The summed E-state index contributed by atoms with van der Waals surface area (Å²) >= 11 is 0. The van der Waals surface area contributed by atoms with E-state index in [1.807, 2.05) is 13.8 Å². The van der Waals surface area contributed by atoms with Crippen molar-refractivity contribution >= 4 is 0 Å². The first kappa shape index (κ1) is 5.92. The molecule has 0 fully saturated rings. The Balaban J connectivity index is 2.99. The van der Waals surface area contributed by atoms with E-state index in [0.29, 0.717) is 0 Å². The van der Waals surface area contributed by atoms with E-state index in [1.165, 1.54) is 5.06 Å². The first-order chi connectivity index (χ1) is 2.64. The second-order valence-electron chi connectivity index (χ2n) is 1.67. The van der Waals surface area contributed by atoms with Gasteiger partial charge in [-0.05, 0) is 13.8 Å². The van der Waals surface area contributed by atoms with Crippen LogP contribution in [0.3, 0.4) is 0 Å². The summed E-state index contributed by atoms with van der Waals surface area (Å²) in [5, 5.41) is 9.63. The van der Waals surface area contributed by atoms with E-state index in [-0.39, 0.29) is 6.04 Å². The lowest BCUT2D eigenvalue weighted by Gasteiger charge is -2.10. The Bertz CT molecular complexity index is 28.5. The second kappa shape index (κ2) is 2.16. The van der Waals surface area contributed by atoms with Crippen LogP contribution in [0.4, 0.5) is 0 Å². The molecule has 0 rings (SSSR count). The van der Waals surface area contributed by atoms with Gasteiger partial charge in [-0.2, -0.15) is 5.06 Å². The Labute approximate surface area is 38.3 Å². The third-order valence-electron chi connectivity index (χ3n) is 0.747. The lowest BCUT2D eigenvalue weighted by Crippen LogP contribution is -2.21. The molecule has 1 N–H and O–H groups in total. The van der Waals surface area contributed by atoms with E-state index < -0.39 is 0 Å². The Morgan fingerprint density at radius 3 is 1.67 bits per heavy atom. The van der Waals surface area contributed by atoms with Crippen molar-refractivity contribution in [1.29, 1.82) is 0 Å². The summed E-state index contributed by atoms with van der Waals surface area (Å²) in [6, 6.07) is 0.241. The molecule has 0 aliphatic carbocycles. The van der Waals surface area contributed by atoms with Gasteiger partial charge in [0.1, 0.15) is 0 Å². The fourth-order valence-electron chi connectivity index (χ4n) is 0. The molecule has 0 amide bonds. The van der Waals surface area contributed by atoms with Crippen LogP contribution in [-0.2, 0) is 0 Å². The molecule has 0 atom stereocenters. The SMILES string of the molecule is CC(C)N(C)O. The summed E-state index contributed by atoms with van der Waals surface area (Å²) in [6.07, 6.45) is 0. The van der Waals surface area contributed by atoms with Gasteiger partial charge < -0.3 is 5.21 Å². The first-order valence-corrected chi connectivity index (χ1v) is 2.06. The average molecular weight is 89.1 g/mol. The summed E-state index contributed by atoms with van der Waals surface area (Å²) < 4.78 is 0. The number of hydrogen-bond acceptors (Lipinski definition) is 2. The molecule has 0 radical (unpaired) electrons. The zero-order valence-electron chi connectivity index (χ0n) is 4.47. The average Bonchev–Trinajstić information content (AvgIpc) is 1.36. The molecule has 6 heavy (non-hydrogen) atoms. The van der Waals surface area contributed by atoms with Gasteiger partial charge in [-0.3, -0.25) is 0 Å². The molecular formula is C4H11NO. The first-order valence-electron chi connectivity index (χ1n) is 2.06. The summed E-state index contributed by atoms with van der Waals surface area (Å²) in [6.45, 7) is 3.83. The van der Waals surface area contributed by atoms with Gasteiger partial charge in [-0.25, -0.2) is 0 Å². The van der Waals surface area contributed by atoms with Gasteiger partial charge >= 0.3 is 0 Å². The Morgan fingerprint density at radius 2 is 1.67 bits per heavy atom. The largest absolute Gasteiger partial charge is 0.314 e. The predicted octanol–water partition coefficient (Wildman–Crippen LogP) is 0.716. The minimum atomic E-state index is 0.241. The summed E-state index contributed by atoms with van der Waals surface area (Å²) in [5.41, 5.74) is 0. The molecule has 0 saturated heterocycles. The van der Waals surface area contributed by atoms with Crippen molar-refractivity contribution in [3.63, 3.8) is 0 Å². The third kappa shape index (κ3) is 2.18. The van der Waals surface area contributed by atoms with Crippen LogP contribution in [0.15, 0.2) is 0 Å². The van der Waals surface area contributed by atoms with Crippen LogP contribution in [0.5, 0.6) is 0 Å². The normalized spacial score (nSPS) is 11.0. The van der Waals surface area contributed by atoms with Gasteiger partial charge in [0, 0.05) is 13.1 Å². The van der Waals surface area contributed by atoms with E-state index in [1.54, 1.807) is 7.05 Å². The minimum absolute atomic E-state index is 0.241. The molecule has 0 aromatic carbocycles. The quantitative estimate of drug-likeness (QED) is 0.478. The molecule has 0 aliphatic heterocycles. The highest BCUT2D eigenvalue weighted by atomic mass is 16.5. The number of hydroxylamine groups is 2. The van der Waals surface area contributed by atoms with Crippen LogP contribution >= 0.6 is 0 Å². The molecule has 0 heterocycles. The number of nitrogens with zero attached hydrogens (tertiary/aromatic N) is 1. The highest BCUT2D eigenvalue weighted by molar-refractivity contribution is 4.39. The van der Waals surface area contributed by atoms with Crippen molar-refractivity contribution in [1.82, 2.24) is 5.06 Å². The fraction of sp³-hybridized carbons (Fsp3) is 1.00. The number of hydrogen-bond donors (Lipinski definition) is 1. The fourth-order valence-corrected chi connectivity index (χ4v) is 0. The van der Waals surface area contributed by atoms with Crippen molar-refractivity contribution in [3.8, 4) is 0 Å². The van der Waals surface area contributed by atoms with Crippen LogP contribution in [-0.4, -0.2) is 23.4 Å². The molecule has 0 bridgehead atoms. The van der Waals surface area contributed by atoms with Gasteiger partial charge in [0.05, 0.1) is 0 Å². The molecule has 0 saturated carbocycles. The predicted molar refractivity (Wildman–Crippen MR) is 24.7 cm³/mol. The van der Waals surface area contributed by atoms with E-state index in [9.17, 15) is 0 Å². The smallest absolute Gasteiger partial charge is 0.0290 e. The Morgan fingerprint density at radius 1 is 1.50 bits per heavy atom. The monoisotopic (exact) mass is 89.1 g/mol. The maximum Gasteiger partial charge on any atom is 0.0290 e. The van der Waals surface area contributed by atoms with Crippen molar-refractivity contribution < 1.29 is 5.21 Å². The minimum Gasteiger partial charge on any atom is -0.314 e. The molecule has 0 aromatic rings. The van der Waals surface area contributed by atoms with Gasteiger partial charge in [-0.1, -0.05) is 0 Å². The highest BCUT2D eigenvalue weighted by Crippen LogP contribution is 1.83. The van der Waals surface area contributed by atoms with Crippen LogP contribution in [0.2, 0.25) is 0 Å². The van der Waals surface area contributed by atoms with Gasteiger partial charge in [-0.15, -0.1) is 0 Å². The van der Waals surface area contributed by atoms with Crippen LogP contribution in [0.25, 0.3) is 0 Å². The number of rotatable bonds is 1.